The molecule has 0 aliphatic carbocycles. The molecule has 128 valence electrons. The summed E-state index contributed by atoms with van der Waals surface area (Å²) in [5.41, 5.74) is -0.636. The molecule has 2 fully saturated rings. The summed E-state index contributed by atoms with van der Waals surface area (Å²) in [5.74, 6) is -1.33. The molecule has 0 bridgehead atoms. The van der Waals surface area contributed by atoms with Crippen molar-refractivity contribution in [3.63, 3.8) is 0 Å². The van der Waals surface area contributed by atoms with Gasteiger partial charge in [0.15, 0.2) is 9.84 Å². The highest BCUT2D eigenvalue weighted by Gasteiger charge is 2.53. The van der Waals surface area contributed by atoms with Crippen LogP contribution in [0.3, 0.4) is 0 Å². The van der Waals surface area contributed by atoms with Gasteiger partial charge in [-0.2, -0.15) is 0 Å². The average molecular weight is 351 g/mol. The normalized spacial score (nSPS) is 21.6. The molecule has 4 amide bonds. The third kappa shape index (κ3) is 3.12. The topological polar surface area (TPSA) is 113 Å². The van der Waals surface area contributed by atoms with Crippen molar-refractivity contribution in [2.75, 3.05) is 23.4 Å². The SMILES string of the molecule is O=C(CN1C(=O)NC2(CCS(=O)(=O)CC2)C1=O)Nc1ccccc1. The Morgan fingerprint density at radius 3 is 2.42 bits per heavy atom. The van der Waals surface area contributed by atoms with Gasteiger partial charge in [-0.3, -0.25) is 14.5 Å². The molecule has 3 rings (SSSR count). The van der Waals surface area contributed by atoms with Gasteiger partial charge in [0.05, 0.1) is 11.5 Å². The molecule has 0 atom stereocenters. The van der Waals surface area contributed by atoms with Gasteiger partial charge in [0.25, 0.3) is 5.91 Å². The first-order chi connectivity index (χ1) is 11.3. The van der Waals surface area contributed by atoms with Crippen molar-refractivity contribution in [2.24, 2.45) is 0 Å². The third-order valence-corrected chi connectivity index (χ3v) is 5.94. The Morgan fingerprint density at radius 2 is 1.79 bits per heavy atom. The standard InChI is InChI=1S/C15H17N3O5S/c19-12(16-11-4-2-1-3-5-11)10-18-13(20)15(17-14(18)21)6-8-24(22,23)9-7-15/h1-5H,6-10H2,(H,16,19)(H,17,21). The molecule has 2 heterocycles. The monoisotopic (exact) mass is 351 g/mol. The highest BCUT2D eigenvalue weighted by atomic mass is 32.2. The van der Waals surface area contributed by atoms with Gasteiger partial charge >= 0.3 is 6.03 Å². The smallest absolute Gasteiger partial charge is 0.325 e. The molecule has 1 aromatic carbocycles. The van der Waals surface area contributed by atoms with E-state index in [1.807, 2.05) is 0 Å². The Hall–Kier alpha value is -2.42. The van der Waals surface area contributed by atoms with Crippen molar-refractivity contribution in [2.45, 2.75) is 18.4 Å². The van der Waals surface area contributed by atoms with Crippen LogP contribution in [0.2, 0.25) is 0 Å². The van der Waals surface area contributed by atoms with Gasteiger partial charge in [-0.1, -0.05) is 18.2 Å². The maximum atomic E-state index is 12.6. The molecule has 0 radical (unpaired) electrons. The first-order valence-electron chi connectivity index (χ1n) is 7.51. The molecule has 2 N–H and O–H groups in total. The molecule has 24 heavy (non-hydrogen) atoms. The van der Waals surface area contributed by atoms with Crippen LogP contribution < -0.4 is 10.6 Å². The van der Waals surface area contributed by atoms with Gasteiger partial charge in [-0.05, 0) is 25.0 Å². The predicted molar refractivity (Wildman–Crippen MR) is 85.9 cm³/mol. The number of anilines is 1. The summed E-state index contributed by atoms with van der Waals surface area (Å²) in [5, 5.41) is 5.17. The second-order valence-corrected chi connectivity index (χ2v) is 8.27. The number of nitrogens with zero attached hydrogens (tertiary/aromatic N) is 1. The van der Waals surface area contributed by atoms with Crippen molar-refractivity contribution >= 4 is 33.4 Å². The molecule has 0 saturated carbocycles. The third-order valence-electron chi connectivity index (χ3n) is 4.28. The highest BCUT2D eigenvalue weighted by Crippen LogP contribution is 2.30. The number of nitrogens with one attached hydrogen (secondary N) is 2. The van der Waals surface area contributed by atoms with Crippen LogP contribution in [0, 0.1) is 0 Å². The van der Waals surface area contributed by atoms with Crippen LogP contribution in [0.4, 0.5) is 10.5 Å². The molecule has 0 unspecified atom stereocenters. The van der Waals surface area contributed by atoms with Crippen molar-refractivity contribution < 1.29 is 22.8 Å². The lowest BCUT2D eigenvalue weighted by Crippen LogP contribution is -2.52. The summed E-state index contributed by atoms with van der Waals surface area (Å²) in [6, 6.07) is 8.02. The van der Waals surface area contributed by atoms with Gasteiger partial charge in [0.2, 0.25) is 5.91 Å². The Kier molecular flexibility index (Phi) is 4.04. The summed E-state index contributed by atoms with van der Waals surface area (Å²) in [6.45, 7) is -0.409. The lowest BCUT2D eigenvalue weighted by molar-refractivity contribution is -0.134. The van der Waals surface area contributed by atoms with Crippen molar-refractivity contribution in [1.82, 2.24) is 10.2 Å². The van der Waals surface area contributed by atoms with Crippen LogP contribution in [-0.4, -0.2) is 54.8 Å². The Bertz CT molecular complexity index is 777. The van der Waals surface area contributed by atoms with E-state index in [9.17, 15) is 22.8 Å². The van der Waals surface area contributed by atoms with E-state index >= 15 is 0 Å². The molecule has 1 spiro atoms. The number of imide groups is 1. The van der Waals surface area contributed by atoms with E-state index < -0.39 is 39.8 Å². The second-order valence-electron chi connectivity index (χ2n) is 5.97. The minimum absolute atomic E-state index is 0.0384. The number of urea groups is 1. The Labute approximate surface area is 139 Å². The van der Waals surface area contributed by atoms with E-state index in [1.54, 1.807) is 30.3 Å². The van der Waals surface area contributed by atoms with Crippen LogP contribution in [0.5, 0.6) is 0 Å². The van der Waals surface area contributed by atoms with Crippen molar-refractivity contribution in [3.05, 3.63) is 30.3 Å². The fourth-order valence-corrected chi connectivity index (χ4v) is 4.43. The van der Waals surface area contributed by atoms with Gasteiger partial charge < -0.3 is 10.6 Å². The molecule has 9 heteroatoms. The molecule has 8 nitrogen and oxygen atoms in total. The van der Waals surface area contributed by atoms with E-state index in [4.69, 9.17) is 0 Å². The summed E-state index contributed by atoms with van der Waals surface area (Å²) in [4.78, 5) is 37.5. The summed E-state index contributed by atoms with van der Waals surface area (Å²) >= 11 is 0. The fraction of sp³-hybridized carbons (Fsp3) is 0.400. The summed E-state index contributed by atoms with van der Waals surface area (Å²) in [7, 11) is -3.17. The predicted octanol–water partition coefficient (Wildman–Crippen LogP) is 0.124. The first-order valence-corrected chi connectivity index (χ1v) is 9.33. The molecule has 2 aliphatic heterocycles. The van der Waals surface area contributed by atoms with Crippen LogP contribution >= 0.6 is 0 Å². The highest BCUT2D eigenvalue weighted by molar-refractivity contribution is 7.91. The van der Waals surface area contributed by atoms with Crippen LogP contribution in [0.1, 0.15) is 12.8 Å². The number of carbonyl (C=O) groups excluding carboxylic acids is 3. The van der Waals surface area contributed by atoms with Crippen LogP contribution in [0.15, 0.2) is 30.3 Å². The zero-order valence-corrected chi connectivity index (χ0v) is 13.6. The summed E-state index contributed by atoms with van der Waals surface area (Å²) < 4.78 is 23.1. The van der Waals surface area contributed by atoms with E-state index in [-0.39, 0.29) is 24.3 Å². The van der Waals surface area contributed by atoms with E-state index in [0.717, 1.165) is 4.90 Å². The molecular formula is C15H17N3O5S. The number of hydrogen-bond acceptors (Lipinski definition) is 5. The first kappa shape index (κ1) is 16.4. The number of amides is 4. The van der Waals surface area contributed by atoms with E-state index in [2.05, 4.69) is 10.6 Å². The van der Waals surface area contributed by atoms with Crippen LogP contribution in [0.25, 0.3) is 0 Å². The van der Waals surface area contributed by atoms with Crippen molar-refractivity contribution in [3.8, 4) is 0 Å². The van der Waals surface area contributed by atoms with Gasteiger partial charge in [-0.15, -0.1) is 0 Å². The quantitative estimate of drug-likeness (QED) is 0.751. The van der Waals surface area contributed by atoms with Gasteiger partial charge in [-0.25, -0.2) is 13.2 Å². The molecule has 1 aromatic rings. The number of carbonyl (C=O) groups is 3. The van der Waals surface area contributed by atoms with Crippen LogP contribution in [-0.2, 0) is 19.4 Å². The van der Waals surface area contributed by atoms with Gasteiger partial charge in [0, 0.05) is 5.69 Å². The Morgan fingerprint density at radius 1 is 1.17 bits per heavy atom. The number of hydrogen-bond donors (Lipinski definition) is 2. The molecule has 0 aromatic heterocycles. The number of sulfone groups is 1. The van der Waals surface area contributed by atoms with Crippen molar-refractivity contribution in [1.29, 1.82) is 0 Å². The number of rotatable bonds is 3. The summed E-state index contributed by atoms with van der Waals surface area (Å²) in [6.07, 6.45) is 0.0768. The minimum atomic E-state index is -3.17. The Balaban J connectivity index is 1.68. The lowest BCUT2D eigenvalue weighted by Gasteiger charge is -2.30. The number of benzene rings is 1. The molecule has 2 aliphatic rings. The molecule has 2 saturated heterocycles. The van der Waals surface area contributed by atoms with Gasteiger partial charge in [0.1, 0.15) is 12.1 Å². The zero-order chi connectivity index (χ0) is 17.4. The lowest BCUT2D eigenvalue weighted by atomic mass is 9.92. The zero-order valence-electron chi connectivity index (χ0n) is 12.8. The maximum Gasteiger partial charge on any atom is 0.325 e. The molecular weight excluding hydrogens is 334 g/mol. The number of para-hydroxylation sites is 1. The maximum absolute atomic E-state index is 12.6. The van der Waals surface area contributed by atoms with E-state index in [0.29, 0.717) is 5.69 Å². The fourth-order valence-electron chi connectivity index (χ4n) is 2.91. The second kappa shape index (κ2) is 5.90. The van der Waals surface area contributed by atoms with E-state index in [1.165, 1.54) is 0 Å². The largest absolute Gasteiger partial charge is 0.325 e. The minimum Gasteiger partial charge on any atom is -0.325 e. The average Bonchev–Trinajstić information content (AvgIpc) is 2.76.